The Morgan fingerprint density at radius 2 is 1.67 bits per heavy atom. The van der Waals surface area contributed by atoms with Crippen LogP contribution in [-0.4, -0.2) is 44.1 Å². The molecule has 2 aromatic rings. The van der Waals surface area contributed by atoms with Crippen molar-refractivity contribution in [2.75, 3.05) is 27.1 Å². The molecule has 0 heterocycles. The fraction of sp³-hybridized carbons (Fsp3) is 0.263. The molecule has 0 fully saturated rings. The van der Waals surface area contributed by atoms with Crippen LogP contribution in [-0.2, 0) is 11.3 Å². The monoisotopic (exact) mass is 391 g/mol. The Morgan fingerprint density at radius 1 is 1.04 bits per heavy atom. The van der Waals surface area contributed by atoms with Crippen molar-refractivity contribution in [3.63, 3.8) is 0 Å². The topological polar surface area (TPSA) is 94.1 Å². The van der Waals surface area contributed by atoms with Gasteiger partial charge in [-0.15, -0.1) is 11.8 Å². The third-order valence-electron chi connectivity index (χ3n) is 3.69. The first kappa shape index (κ1) is 20.4. The molecule has 2 aromatic carbocycles. The highest BCUT2D eigenvalue weighted by atomic mass is 32.2. The number of ether oxygens (including phenoxy) is 3. The summed E-state index contributed by atoms with van der Waals surface area (Å²) in [7, 11) is 4.57. The van der Waals surface area contributed by atoms with E-state index in [9.17, 15) is 14.7 Å². The first-order valence-electron chi connectivity index (χ1n) is 8.00. The van der Waals surface area contributed by atoms with Gasteiger partial charge in [0.2, 0.25) is 11.7 Å². The Bertz CT molecular complexity index is 799. The van der Waals surface area contributed by atoms with Crippen LogP contribution in [0.25, 0.3) is 0 Å². The van der Waals surface area contributed by atoms with Crippen LogP contribution in [0.15, 0.2) is 41.3 Å². The fourth-order valence-corrected chi connectivity index (χ4v) is 3.28. The van der Waals surface area contributed by atoms with Crippen molar-refractivity contribution in [2.45, 2.75) is 11.4 Å². The fourth-order valence-electron chi connectivity index (χ4n) is 2.40. The summed E-state index contributed by atoms with van der Waals surface area (Å²) < 4.78 is 15.8. The molecule has 0 aliphatic rings. The van der Waals surface area contributed by atoms with E-state index in [0.717, 1.165) is 5.56 Å². The maximum Gasteiger partial charge on any atom is 0.336 e. The number of benzene rings is 2. The van der Waals surface area contributed by atoms with E-state index in [0.29, 0.717) is 22.1 Å². The molecule has 0 saturated carbocycles. The first-order valence-corrected chi connectivity index (χ1v) is 8.99. The summed E-state index contributed by atoms with van der Waals surface area (Å²) in [5.74, 6) is 0.367. The standard InChI is InChI=1S/C19H21NO6S/c1-24-14-8-12(9-15(25-2)18(14)26-3)10-20-17(21)11-27-16-7-5-4-6-13(16)19(22)23/h4-9H,10-11H2,1-3H3,(H,20,21)(H,22,23). The molecule has 144 valence electrons. The summed E-state index contributed by atoms with van der Waals surface area (Å²) in [6.45, 7) is 0.274. The number of carbonyl (C=O) groups is 2. The van der Waals surface area contributed by atoms with Crippen molar-refractivity contribution >= 4 is 23.6 Å². The van der Waals surface area contributed by atoms with Gasteiger partial charge in [-0.1, -0.05) is 12.1 Å². The van der Waals surface area contributed by atoms with Crippen LogP contribution >= 0.6 is 11.8 Å². The van der Waals surface area contributed by atoms with Gasteiger partial charge in [0.05, 0.1) is 32.6 Å². The number of nitrogens with one attached hydrogen (secondary N) is 1. The summed E-state index contributed by atoms with van der Waals surface area (Å²) in [4.78, 5) is 23.9. The molecule has 0 radical (unpaired) electrons. The minimum absolute atomic E-state index is 0.106. The van der Waals surface area contributed by atoms with Crippen LogP contribution in [0.1, 0.15) is 15.9 Å². The molecule has 7 nitrogen and oxygen atoms in total. The number of amides is 1. The molecule has 0 saturated heterocycles. The second kappa shape index (κ2) is 9.72. The Morgan fingerprint density at radius 3 is 2.22 bits per heavy atom. The molecule has 0 unspecified atom stereocenters. The van der Waals surface area contributed by atoms with Crippen molar-refractivity contribution < 1.29 is 28.9 Å². The molecule has 0 aromatic heterocycles. The Kier molecular flexibility index (Phi) is 7.36. The average molecular weight is 391 g/mol. The lowest BCUT2D eigenvalue weighted by atomic mass is 10.2. The van der Waals surface area contributed by atoms with Gasteiger partial charge in [-0.25, -0.2) is 4.79 Å². The van der Waals surface area contributed by atoms with Crippen molar-refractivity contribution in [1.82, 2.24) is 5.32 Å². The van der Waals surface area contributed by atoms with Gasteiger partial charge in [-0.2, -0.15) is 0 Å². The molecule has 27 heavy (non-hydrogen) atoms. The highest BCUT2D eigenvalue weighted by Gasteiger charge is 2.14. The number of rotatable bonds is 9. The normalized spacial score (nSPS) is 10.2. The zero-order valence-electron chi connectivity index (χ0n) is 15.3. The van der Waals surface area contributed by atoms with Crippen LogP contribution in [0.5, 0.6) is 17.2 Å². The lowest BCUT2D eigenvalue weighted by Gasteiger charge is -2.14. The number of methoxy groups -OCH3 is 3. The van der Waals surface area contributed by atoms with Crippen LogP contribution in [0.2, 0.25) is 0 Å². The molecule has 1 amide bonds. The molecule has 2 rings (SSSR count). The predicted octanol–water partition coefficient (Wildman–Crippen LogP) is 2.82. The van der Waals surface area contributed by atoms with E-state index in [2.05, 4.69) is 5.32 Å². The molecule has 0 atom stereocenters. The van der Waals surface area contributed by atoms with Crippen LogP contribution in [0.4, 0.5) is 0 Å². The van der Waals surface area contributed by atoms with Gasteiger partial charge in [-0.3, -0.25) is 4.79 Å². The number of hydrogen-bond donors (Lipinski definition) is 2. The molecule has 8 heteroatoms. The molecule has 0 aliphatic carbocycles. The summed E-state index contributed by atoms with van der Waals surface area (Å²) in [6, 6.07) is 10.1. The number of carboxylic acid groups (broad SMARTS) is 1. The third-order valence-corrected chi connectivity index (χ3v) is 4.76. The third kappa shape index (κ3) is 5.30. The lowest BCUT2D eigenvalue weighted by Crippen LogP contribution is -2.24. The van der Waals surface area contributed by atoms with Crippen molar-refractivity contribution in [3.05, 3.63) is 47.5 Å². The second-order valence-electron chi connectivity index (χ2n) is 5.40. The maximum atomic E-state index is 12.1. The van der Waals surface area contributed by atoms with Gasteiger partial charge in [0.1, 0.15) is 0 Å². The molecule has 0 bridgehead atoms. The second-order valence-corrected chi connectivity index (χ2v) is 6.42. The zero-order chi connectivity index (χ0) is 19.8. The number of carboxylic acids is 1. The minimum Gasteiger partial charge on any atom is -0.493 e. The minimum atomic E-state index is -1.02. The van der Waals surface area contributed by atoms with Gasteiger partial charge in [0.25, 0.3) is 0 Å². The summed E-state index contributed by atoms with van der Waals surface area (Å²) in [5.41, 5.74) is 0.966. The Hall–Kier alpha value is -2.87. The van der Waals surface area contributed by atoms with Gasteiger partial charge >= 0.3 is 5.97 Å². The smallest absolute Gasteiger partial charge is 0.336 e. The van der Waals surface area contributed by atoms with Gasteiger partial charge in [0, 0.05) is 11.4 Å². The largest absolute Gasteiger partial charge is 0.493 e. The van der Waals surface area contributed by atoms with E-state index in [1.54, 1.807) is 30.3 Å². The zero-order valence-corrected chi connectivity index (χ0v) is 16.1. The van der Waals surface area contributed by atoms with Crippen molar-refractivity contribution in [3.8, 4) is 17.2 Å². The van der Waals surface area contributed by atoms with E-state index < -0.39 is 5.97 Å². The highest BCUT2D eigenvalue weighted by molar-refractivity contribution is 8.00. The van der Waals surface area contributed by atoms with Crippen LogP contribution in [0.3, 0.4) is 0 Å². The van der Waals surface area contributed by atoms with Crippen LogP contribution in [0, 0.1) is 0 Å². The number of thioether (sulfide) groups is 1. The summed E-state index contributed by atoms with van der Waals surface area (Å²) in [6.07, 6.45) is 0. The predicted molar refractivity (Wildman–Crippen MR) is 102 cm³/mol. The lowest BCUT2D eigenvalue weighted by molar-refractivity contribution is -0.118. The maximum absolute atomic E-state index is 12.1. The number of carbonyl (C=O) groups excluding carboxylic acids is 1. The van der Waals surface area contributed by atoms with E-state index in [1.807, 2.05) is 0 Å². The van der Waals surface area contributed by atoms with Gasteiger partial charge in [0.15, 0.2) is 11.5 Å². The Labute approximate surface area is 161 Å². The highest BCUT2D eigenvalue weighted by Crippen LogP contribution is 2.38. The summed E-state index contributed by atoms with van der Waals surface area (Å²) in [5, 5.41) is 12.0. The molecular weight excluding hydrogens is 370 g/mol. The Balaban J connectivity index is 1.99. The molecule has 2 N–H and O–H groups in total. The first-order chi connectivity index (χ1) is 13.0. The van der Waals surface area contributed by atoms with Crippen molar-refractivity contribution in [1.29, 1.82) is 0 Å². The van der Waals surface area contributed by atoms with E-state index >= 15 is 0 Å². The molecular formula is C19H21NO6S. The van der Waals surface area contributed by atoms with Crippen LogP contribution < -0.4 is 19.5 Å². The molecule has 0 aliphatic heterocycles. The quantitative estimate of drug-likeness (QED) is 0.635. The SMILES string of the molecule is COc1cc(CNC(=O)CSc2ccccc2C(=O)O)cc(OC)c1OC. The summed E-state index contributed by atoms with van der Waals surface area (Å²) >= 11 is 1.18. The van der Waals surface area contributed by atoms with E-state index in [1.165, 1.54) is 39.2 Å². The molecule has 0 spiro atoms. The van der Waals surface area contributed by atoms with E-state index in [-0.39, 0.29) is 23.8 Å². The number of hydrogen-bond acceptors (Lipinski definition) is 6. The average Bonchev–Trinajstić information content (AvgIpc) is 2.69. The van der Waals surface area contributed by atoms with Crippen molar-refractivity contribution in [2.24, 2.45) is 0 Å². The van der Waals surface area contributed by atoms with Gasteiger partial charge < -0.3 is 24.6 Å². The number of aromatic carboxylic acids is 1. The van der Waals surface area contributed by atoms with E-state index in [4.69, 9.17) is 14.2 Å². The van der Waals surface area contributed by atoms with Gasteiger partial charge in [-0.05, 0) is 29.8 Å².